The topological polar surface area (TPSA) is 0 Å². The normalized spacial score (nSPS) is 12.6. The number of unbranched alkanes of at least 4 members (excludes halogenated alkanes) is 1. The SMILES string of the molecule is CC/C(C)=C/CCCC(C)C. The molecule has 0 aliphatic carbocycles. The fourth-order valence-electron chi connectivity index (χ4n) is 1.02. The van der Waals surface area contributed by atoms with Crippen LogP contribution in [0.4, 0.5) is 0 Å². The van der Waals surface area contributed by atoms with Crippen LogP contribution in [0, 0.1) is 5.92 Å². The minimum Gasteiger partial charge on any atom is -0.0856 e. The van der Waals surface area contributed by atoms with Crippen molar-refractivity contribution in [1.29, 1.82) is 0 Å². The van der Waals surface area contributed by atoms with Gasteiger partial charge in [-0.15, -0.1) is 0 Å². The molecular formula is C11H22. The molecule has 0 aromatic carbocycles. The lowest BCUT2D eigenvalue weighted by Gasteiger charge is -2.01. The molecule has 0 heterocycles. The van der Waals surface area contributed by atoms with Gasteiger partial charge < -0.3 is 0 Å². The van der Waals surface area contributed by atoms with Gasteiger partial charge in [-0.3, -0.25) is 0 Å². The van der Waals surface area contributed by atoms with E-state index >= 15 is 0 Å². The van der Waals surface area contributed by atoms with Gasteiger partial charge in [-0.1, -0.05) is 38.8 Å². The van der Waals surface area contributed by atoms with Crippen LogP contribution in [0.5, 0.6) is 0 Å². The summed E-state index contributed by atoms with van der Waals surface area (Å²) in [4.78, 5) is 0. The standard InChI is InChI=1S/C11H22/c1-5-11(4)9-7-6-8-10(2)3/h9-10H,5-8H2,1-4H3/b11-9+. The molecule has 0 nitrogen and oxygen atoms in total. The molecule has 0 aliphatic heterocycles. The Morgan fingerprint density at radius 2 is 2.00 bits per heavy atom. The van der Waals surface area contributed by atoms with E-state index in [1.54, 1.807) is 0 Å². The Labute approximate surface area is 71.7 Å². The lowest BCUT2D eigenvalue weighted by Crippen LogP contribution is -1.85. The third-order valence-corrected chi connectivity index (χ3v) is 2.04. The van der Waals surface area contributed by atoms with Crippen molar-refractivity contribution in [2.24, 2.45) is 5.92 Å². The highest BCUT2D eigenvalue weighted by molar-refractivity contribution is 4.96. The van der Waals surface area contributed by atoms with E-state index in [-0.39, 0.29) is 0 Å². The highest BCUT2D eigenvalue weighted by atomic mass is 14.0. The number of hydrogen-bond donors (Lipinski definition) is 0. The van der Waals surface area contributed by atoms with E-state index in [0.29, 0.717) is 0 Å². The highest BCUT2D eigenvalue weighted by Crippen LogP contribution is 2.08. The molecule has 0 amide bonds. The van der Waals surface area contributed by atoms with Gasteiger partial charge in [0.1, 0.15) is 0 Å². The summed E-state index contributed by atoms with van der Waals surface area (Å²) in [6, 6.07) is 0. The molecule has 0 aromatic rings. The zero-order valence-corrected chi connectivity index (χ0v) is 8.48. The molecule has 0 fully saturated rings. The van der Waals surface area contributed by atoms with Crippen LogP contribution >= 0.6 is 0 Å². The lowest BCUT2D eigenvalue weighted by atomic mass is 10.1. The molecular weight excluding hydrogens is 132 g/mol. The van der Waals surface area contributed by atoms with Crippen molar-refractivity contribution in [1.82, 2.24) is 0 Å². The summed E-state index contributed by atoms with van der Waals surface area (Å²) in [5.74, 6) is 0.866. The zero-order chi connectivity index (χ0) is 8.69. The van der Waals surface area contributed by atoms with Crippen molar-refractivity contribution in [3.63, 3.8) is 0 Å². The van der Waals surface area contributed by atoms with E-state index in [2.05, 4.69) is 33.8 Å². The molecule has 0 saturated carbocycles. The van der Waals surface area contributed by atoms with Gasteiger partial charge in [-0.25, -0.2) is 0 Å². The summed E-state index contributed by atoms with van der Waals surface area (Å²) in [5.41, 5.74) is 1.54. The number of allylic oxidation sites excluding steroid dienone is 2. The summed E-state index contributed by atoms with van der Waals surface area (Å²) in [6.45, 7) is 9.01. The fourth-order valence-corrected chi connectivity index (χ4v) is 1.02. The molecule has 0 bridgehead atoms. The molecule has 0 spiro atoms. The molecule has 0 aliphatic rings. The highest BCUT2D eigenvalue weighted by Gasteiger charge is 1.91. The fraction of sp³-hybridized carbons (Fsp3) is 0.818. The minimum atomic E-state index is 0.866. The van der Waals surface area contributed by atoms with Gasteiger partial charge in [-0.05, 0) is 32.1 Å². The Balaban J connectivity index is 3.26. The molecule has 0 rings (SSSR count). The van der Waals surface area contributed by atoms with E-state index in [4.69, 9.17) is 0 Å². The molecule has 66 valence electrons. The summed E-state index contributed by atoms with van der Waals surface area (Å²) in [5, 5.41) is 0. The molecule has 0 aromatic heterocycles. The van der Waals surface area contributed by atoms with Gasteiger partial charge in [-0.2, -0.15) is 0 Å². The Morgan fingerprint density at radius 1 is 1.36 bits per heavy atom. The third kappa shape index (κ3) is 7.64. The maximum atomic E-state index is 2.38. The molecule has 0 saturated heterocycles. The molecule has 0 atom stereocenters. The molecule has 0 N–H and O–H groups in total. The van der Waals surface area contributed by atoms with E-state index in [0.717, 1.165) is 5.92 Å². The Kier molecular flexibility index (Phi) is 6.30. The molecule has 11 heavy (non-hydrogen) atoms. The van der Waals surface area contributed by atoms with Crippen molar-refractivity contribution in [3.8, 4) is 0 Å². The van der Waals surface area contributed by atoms with Crippen LogP contribution in [0.3, 0.4) is 0 Å². The van der Waals surface area contributed by atoms with Gasteiger partial charge in [0, 0.05) is 0 Å². The van der Waals surface area contributed by atoms with E-state index in [9.17, 15) is 0 Å². The quantitative estimate of drug-likeness (QED) is 0.412. The van der Waals surface area contributed by atoms with E-state index in [1.807, 2.05) is 0 Å². The van der Waals surface area contributed by atoms with Crippen molar-refractivity contribution in [3.05, 3.63) is 11.6 Å². The number of rotatable bonds is 5. The summed E-state index contributed by atoms with van der Waals surface area (Å²) >= 11 is 0. The van der Waals surface area contributed by atoms with Crippen LogP contribution in [-0.2, 0) is 0 Å². The largest absolute Gasteiger partial charge is 0.0856 e. The Hall–Kier alpha value is -0.260. The predicted octanol–water partition coefficient (Wildman–Crippen LogP) is 4.17. The first-order valence-electron chi connectivity index (χ1n) is 4.82. The number of hydrogen-bond acceptors (Lipinski definition) is 0. The van der Waals surface area contributed by atoms with Gasteiger partial charge in [0.05, 0.1) is 0 Å². The average molecular weight is 154 g/mol. The van der Waals surface area contributed by atoms with Gasteiger partial charge in [0.2, 0.25) is 0 Å². The predicted molar refractivity (Wildman–Crippen MR) is 52.7 cm³/mol. The smallest absolute Gasteiger partial charge is 0.0348 e. The first kappa shape index (κ1) is 10.7. The van der Waals surface area contributed by atoms with Gasteiger partial charge >= 0.3 is 0 Å². The van der Waals surface area contributed by atoms with Gasteiger partial charge in [0.25, 0.3) is 0 Å². The first-order chi connectivity index (χ1) is 5.16. The zero-order valence-electron chi connectivity index (χ0n) is 8.48. The van der Waals surface area contributed by atoms with E-state index in [1.165, 1.54) is 31.3 Å². The van der Waals surface area contributed by atoms with Crippen LogP contribution in [0.25, 0.3) is 0 Å². The maximum absolute atomic E-state index is 2.38. The van der Waals surface area contributed by atoms with E-state index < -0.39 is 0 Å². The summed E-state index contributed by atoms with van der Waals surface area (Å²) < 4.78 is 0. The maximum Gasteiger partial charge on any atom is -0.0348 e. The van der Waals surface area contributed by atoms with Crippen LogP contribution in [0.15, 0.2) is 11.6 Å². The Bertz CT molecular complexity index is 109. The van der Waals surface area contributed by atoms with Crippen molar-refractivity contribution < 1.29 is 0 Å². The van der Waals surface area contributed by atoms with Gasteiger partial charge in [0.15, 0.2) is 0 Å². The lowest BCUT2D eigenvalue weighted by molar-refractivity contribution is 0.559. The second-order valence-corrected chi connectivity index (χ2v) is 3.73. The Morgan fingerprint density at radius 3 is 2.45 bits per heavy atom. The molecule has 0 heteroatoms. The average Bonchev–Trinajstić information content (AvgIpc) is 1.97. The molecule has 0 unspecified atom stereocenters. The van der Waals surface area contributed by atoms with Crippen LogP contribution in [0.1, 0.15) is 53.4 Å². The van der Waals surface area contributed by atoms with Crippen molar-refractivity contribution in [2.75, 3.05) is 0 Å². The van der Waals surface area contributed by atoms with Crippen LogP contribution in [0.2, 0.25) is 0 Å². The monoisotopic (exact) mass is 154 g/mol. The third-order valence-electron chi connectivity index (χ3n) is 2.04. The second-order valence-electron chi connectivity index (χ2n) is 3.73. The van der Waals surface area contributed by atoms with Crippen molar-refractivity contribution >= 4 is 0 Å². The molecule has 0 radical (unpaired) electrons. The summed E-state index contributed by atoms with van der Waals surface area (Å²) in [6.07, 6.45) is 7.59. The van der Waals surface area contributed by atoms with Crippen molar-refractivity contribution in [2.45, 2.75) is 53.4 Å². The second kappa shape index (κ2) is 6.45. The minimum absolute atomic E-state index is 0.866. The summed E-state index contributed by atoms with van der Waals surface area (Å²) in [7, 11) is 0. The first-order valence-corrected chi connectivity index (χ1v) is 4.82. The van der Waals surface area contributed by atoms with Crippen LogP contribution in [-0.4, -0.2) is 0 Å². The van der Waals surface area contributed by atoms with Crippen LogP contribution < -0.4 is 0 Å².